The number of hydrogen-bond donors (Lipinski definition) is 2. The number of nitrogens with zero attached hydrogens (tertiary/aromatic N) is 2. The molecule has 0 aromatic carbocycles. The number of nitro groups is 1. The van der Waals surface area contributed by atoms with Crippen LogP contribution in [0.15, 0.2) is 12.1 Å². The van der Waals surface area contributed by atoms with Gasteiger partial charge in [-0.15, -0.1) is 0 Å². The molecule has 8 nitrogen and oxygen atoms in total. The summed E-state index contributed by atoms with van der Waals surface area (Å²) < 4.78 is 5.56. The monoisotopic (exact) mass is 281 g/mol. The van der Waals surface area contributed by atoms with Crippen molar-refractivity contribution in [1.82, 2.24) is 4.98 Å². The quantitative estimate of drug-likeness (QED) is 0.623. The Balaban J connectivity index is 2.21. The van der Waals surface area contributed by atoms with E-state index in [1.807, 2.05) is 6.92 Å². The second kappa shape index (κ2) is 5.41. The van der Waals surface area contributed by atoms with Crippen LogP contribution in [0, 0.1) is 10.1 Å². The number of hydrogen-bond acceptors (Lipinski definition) is 6. The van der Waals surface area contributed by atoms with Crippen LogP contribution in [0.4, 0.5) is 11.5 Å². The molecule has 0 spiro atoms. The molecule has 0 bridgehead atoms. The van der Waals surface area contributed by atoms with Crippen LogP contribution in [0.3, 0.4) is 0 Å². The minimum Gasteiger partial charge on any atom is -0.477 e. The Morgan fingerprint density at radius 3 is 2.95 bits per heavy atom. The lowest BCUT2D eigenvalue weighted by molar-refractivity contribution is -0.384. The standard InChI is InChI=1S/C12H15N3O5/c1-12(5-2-6-20-12)7-13-10-9(15(18)19)4-3-8(14-10)11(16)17/h3-4H,2,5-7H2,1H3,(H,13,14)(H,16,17). The van der Waals surface area contributed by atoms with Gasteiger partial charge in [0.2, 0.25) is 5.82 Å². The number of rotatable bonds is 5. The summed E-state index contributed by atoms with van der Waals surface area (Å²) in [7, 11) is 0. The van der Waals surface area contributed by atoms with Crippen molar-refractivity contribution in [2.75, 3.05) is 18.5 Å². The molecule has 1 aliphatic heterocycles. The van der Waals surface area contributed by atoms with Gasteiger partial charge in [0, 0.05) is 19.2 Å². The Hall–Kier alpha value is -2.22. The van der Waals surface area contributed by atoms with E-state index in [-0.39, 0.29) is 17.2 Å². The summed E-state index contributed by atoms with van der Waals surface area (Å²) in [6.07, 6.45) is 1.77. The average Bonchev–Trinajstić information content (AvgIpc) is 2.83. The van der Waals surface area contributed by atoms with Crippen LogP contribution in [0.5, 0.6) is 0 Å². The minimum absolute atomic E-state index is 0.0494. The molecule has 20 heavy (non-hydrogen) atoms. The van der Waals surface area contributed by atoms with Crippen molar-refractivity contribution < 1.29 is 19.6 Å². The molecule has 8 heteroatoms. The summed E-state index contributed by atoms with van der Waals surface area (Å²) >= 11 is 0. The van der Waals surface area contributed by atoms with Crippen molar-refractivity contribution in [2.45, 2.75) is 25.4 Å². The summed E-state index contributed by atoms with van der Waals surface area (Å²) in [6.45, 7) is 2.90. The third-order valence-corrected chi connectivity index (χ3v) is 3.22. The molecule has 1 aliphatic rings. The molecule has 0 radical (unpaired) electrons. The topological polar surface area (TPSA) is 115 Å². The highest BCUT2D eigenvalue weighted by Gasteiger charge is 2.30. The first-order chi connectivity index (χ1) is 9.41. The van der Waals surface area contributed by atoms with Crippen molar-refractivity contribution in [1.29, 1.82) is 0 Å². The summed E-state index contributed by atoms with van der Waals surface area (Å²) in [5.41, 5.74) is -0.901. The summed E-state index contributed by atoms with van der Waals surface area (Å²) in [6, 6.07) is 2.25. The van der Waals surface area contributed by atoms with Gasteiger partial charge in [-0.1, -0.05) is 0 Å². The lowest BCUT2D eigenvalue weighted by Gasteiger charge is -2.23. The highest BCUT2D eigenvalue weighted by molar-refractivity contribution is 5.86. The van der Waals surface area contributed by atoms with E-state index in [1.165, 1.54) is 0 Å². The summed E-state index contributed by atoms with van der Waals surface area (Å²) in [4.78, 5) is 25.0. The van der Waals surface area contributed by atoms with Gasteiger partial charge in [0.1, 0.15) is 0 Å². The number of aromatic carboxylic acids is 1. The predicted octanol–water partition coefficient (Wildman–Crippen LogP) is 1.67. The van der Waals surface area contributed by atoms with E-state index in [0.29, 0.717) is 13.2 Å². The lowest BCUT2D eigenvalue weighted by Crippen LogP contribution is -2.33. The van der Waals surface area contributed by atoms with Gasteiger partial charge in [-0.25, -0.2) is 9.78 Å². The summed E-state index contributed by atoms with van der Waals surface area (Å²) in [5.74, 6) is -1.28. The van der Waals surface area contributed by atoms with Gasteiger partial charge in [0.05, 0.1) is 10.5 Å². The zero-order valence-corrected chi connectivity index (χ0v) is 11.0. The Labute approximate surface area is 114 Å². The van der Waals surface area contributed by atoms with E-state index < -0.39 is 16.5 Å². The number of carboxylic acids is 1. The molecular formula is C12H15N3O5. The van der Waals surface area contributed by atoms with Crippen molar-refractivity contribution in [3.63, 3.8) is 0 Å². The maximum atomic E-state index is 10.9. The smallest absolute Gasteiger partial charge is 0.354 e. The molecule has 2 rings (SSSR count). The number of ether oxygens (including phenoxy) is 1. The molecule has 1 fully saturated rings. The van der Waals surface area contributed by atoms with Crippen LogP contribution in [0.1, 0.15) is 30.3 Å². The van der Waals surface area contributed by atoms with Gasteiger partial charge in [0.15, 0.2) is 5.69 Å². The van der Waals surface area contributed by atoms with Crippen molar-refractivity contribution in [2.24, 2.45) is 0 Å². The molecule has 1 aromatic heterocycles. The van der Waals surface area contributed by atoms with E-state index in [0.717, 1.165) is 25.0 Å². The van der Waals surface area contributed by atoms with Crippen molar-refractivity contribution >= 4 is 17.5 Å². The molecule has 0 aliphatic carbocycles. The van der Waals surface area contributed by atoms with Crippen LogP contribution < -0.4 is 5.32 Å². The number of aromatic nitrogens is 1. The number of carboxylic acid groups (broad SMARTS) is 1. The fraction of sp³-hybridized carbons (Fsp3) is 0.500. The number of nitrogens with one attached hydrogen (secondary N) is 1. The Morgan fingerprint density at radius 1 is 1.65 bits per heavy atom. The second-order valence-electron chi connectivity index (χ2n) is 4.88. The van der Waals surface area contributed by atoms with Gasteiger partial charge in [-0.05, 0) is 25.8 Å². The van der Waals surface area contributed by atoms with E-state index in [4.69, 9.17) is 9.84 Å². The fourth-order valence-corrected chi connectivity index (χ4v) is 2.10. The van der Waals surface area contributed by atoms with E-state index in [1.54, 1.807) is 0 Å². The van der Waals surface area contributed by atoms with Crippen LogP contribution in [-0.4, -0.2) is 39.7 Å². The normalized spacial score (nSPS) is 21.6. The maximum absolute atomic E-state index is 10.9. The molecule has 2 N–H and O–H groups in total. The zero-order valence-electron chi connectivity index (χ0n) is 11.0. The maximum Gasteiger partial charge on any atom is 0.354 e. The zero-order chi connectivity index (χ0) is 14.8. The number of carbonyl (C=O) groups is 1. The Kier molecular flexibility index (Phi) is 3.84. The molecule has 1 saturated heterocycles. The largest absolute Gasteiger partial charge is 0.477 e. The molecule has 1 unspecified atom stereocenters. The summed E-state index contributed by atoms with van der Waals surface area (Å²) in [5, 5.41) is 22.6. The lowest BCUT2D eigenvalue weighted by atomic mass is 10.0. The van der Waals surface area contributed by atoms with Gasteiger partial charge in [0.25, 0.3) is 0 Å². The van der Waals surface area contributed by atoms with Gasteiger partial charge >= 0.3 is 11.7 Å². The van der Waals surface area contributed by atoms with E-state index >= 15 is 0 Å². The second-order valence-corrected chi connectivity index (χ2v) is 4.88. The number of pyridine rings is 1. The molecule has 0 saturated carbocycles. The van der Waals surface area contributed by atoms with Crippen LogP contribution >= 0.6 is 0 Å². The third-order valence-electron chi connectivity index (χ3n) is 3.22. The number of anilines is 1. The average molecular weight is 281 g/mol. The predicted molar refractivity (Wildman–Crippen MR) is 69.9 cm³/mol. The van der Waals surface area contributed by atoms with Gasteiger partial charge in [-0.2, -0.15) is 0 Å². The SMILES string of the molecule is CC1(CNc2nc(C(=O)O)ccc2[N+](=O)[O-])CCCO1. The Bertz CT molecular complexity index is 540. The van der Waals surface area contributed by atoms with E-state index in [9.17, 15) is 14.9 Å². The van der Waals surface area contributed by atoms with Crippen molar-refractivity contribution in [3.8, 4) is 0 Å². The van der Waals surface area contributed by atoms with Crippen LogP contribution in [-0.2, 0) is 4.74 Å². The first-order valence-corrected chi connectivity index (χ1v) is 6.18. The molecule has 1 atom stereocenters. The third kappa shape index (κ3) is 3.02. The van der Waals surface area contributed by atoms with E-state index in [2.05, 4.69) is 10.3 Å². The molecule has 2 heterocycles. The highest BCUT2D eigenvalue weighted by Crippen LogP contribution is 2.27. The minimum atomic E-state index is -1.23. The fourth-order valence-electron chi connectivity index (χ4n) is 2.10. The molecular weight excluding hydrogens is 266 g/mol. The van der Waals surface area contributed by atoms with Crippen molar-refractivity contribution in [3.05, 3.63) is 27.9 Å². The first kappa shape index (κ1) is 14.2. The van der Waals surface area contributed by atoms with Crippen LogP contribution in [0.2, 0.25) is 0 Å². The molecule has 108 valence electrons. The highest BCUT2D eigenvalue weighted by atomic mass is 16.6. The van der Waals surface area contributed by atoms with Gasteiger partial charge < -0.3 is 15.2 Å². The molecule has 1 aromatic rings. The Morgan fingerprint density at radius 2 is 2.40 bits per heavy atom. The van der Waals surface area contributed by atoms with Crippen LogP contribution in [0.25, 0.3) is 0 Å². The molecule has 0 amide bonds. The first-order valence-electron chi connectivity index (χ1n) is 6.18. The van der Waals surface area contributed by atoms with Gasteiger partial charge in [-0.3, -0.25) is 10.1 Å².